The van der Waals surface area contributed by atoms with E-state index in [9.17, 15) is 22.8 Å². The van der Waals surface area contributed by atoms with Crippen LogP contribution in [0, 0.1) is 5.92 Å². The molecule has 3 aliphatic rings. The molecule has 13 heteroatoms. The fourth-order valence-corrected chi connectivity index (χ4v) is 6.97. The summed E-state index contributed by atoms with van der Waals surface area (Å²) in [6, 6.07) is 3.19. The SMILES string of the molecule is CCCn1c(=O)n(C2CC2)c(=O)c2[nH]c(S(=O)(=O)Cc3ccc(N(CC4CC4)C(=O)C4CC=CS4)nc3)nc21. The number of fused-ring (bicyclic) bond motifs is 1. The minimum Gasteiger partial charge on any atom is -0.323 e. The summed E-state index contributed by atoms with van der Waals surface area (Å²) in [4.78, 5) is 52.3. The first-order chi connectivity index (χ1) is 18.8. The molecule has 4 heterocycles. The summed E-state index contributed by atoms with van der Waals surface area (Å²) in [7, 11) is -3.99. The van der Waals surface area contributed by atoms with Crippen molar-refractivity contribution < 1.29 is 13.2 Å². The van der Waals surface area contributed by atoms with Crippen LogP contribution in [0.1, 0.15) is 57.1 Å². The number of aromatic nitrogens is 5. The summed E-state index contributed by atoms with van der Waals surface area (Å²) in [6.07, 6.45) is 8.44. The lowest BCUT2D eigenvalue weighted by atomic mass is 10.2. The first kappa shape index (κ1) is 26.1. The molecular formula is C26H30N6O5S2. The van der Waals surface area contributed by atoms with Crippen molar-refractivity contribution in [2.24, 2.45) is 5.92 Å². The Labute approximate surface area is 229 Å². The van der Waals surface area contributed by atoms with E-state index in [0.29, 0.717) is 43.2 Å². The van der Waals surface area contributed by atoms with E-state index in [1.165, 1.54) is 27.1 Å². The van der Waals surface area contributed by atoms with E-state index in [-0.39, 0.29) is 33.5 Å². The molecule has 2 saturated carbocycles. The van der Waals surface area contributed by atoms with Gasteiger partial charge in [-0.25, -0.2) is 18.2 Å². The first-order valence-electron chi connectivity index (χ1n) is 13.3. The maximum Gasteiger partial charge on any atom is 0.333 e. The minimum atomic E-state index is -3.99. The van der Waals surface area contributed by atoms with Crippen LogP contribution in [0.15, 0.2) is 44.6 Å². The van der Waals surface area contributed by atoms with Crippen LogP contribution in [0.5, 0.6) is 0 Å². The number of anilines is 1. The van der Waals surface area contributed by atoms with Crippen molar-refractivity contribution in [3.63, 3.8) is 0 Å². The molecule has 6 rings (SSSR count). The molecule has 1 N–H and O–H groups in total. The Balaban J connectivity index is 1.27. The summed E-state index contributed by atoms with van der Waals surface area (Å²) >= 11 is 1.51. The van der Waals surface area contributed by atoms with Crippen molar-refractivity contribution in [1.82, 2.24) is 24.1 Å². The van der Waals surface area contributed by atoms with Crippen molar-refractivity contribution in [2.75, 3.05) is 11.4 Å². The highest BCUT2D eigenvalue weighted by Crippen LogP contribution is 2.34. The summed E-state index contributed by atoms with van der Waals surface area (Å²) < 4.78 is 29.3. The van der Waals surface area contributed by atoms with Gasteiger partial charge in [0.15, 0.2) is 11.2 Å². The van der Waals surface area contributed by atoms with Crippen LogP contribution < -0.4 is 16.1 Å². The Morgan fingerprint density at radius 1 is 1.21 bits per heavy atom. The van der Waals surface area contributed by atoms with Crippen LogP contribution in [0.3, 0.4) is 0 Å². The number of amides is 1. The number of pyridine rings is 1. The predicted octanol–water partition coefficient (Wildman–Crippen LogP) is 2.76. The third-order valence-corrected chi connectivity index (χ3v) is 9.82. The molecule has 39 heavy (non-hydrogen) atoms. The highest BCUT2D eigenvalue weighted by atomic mass is 32.2. The van der Waals surface area contributed by atoms with Crippen LogP contribution in [0.2, 0.25) is 0 Å². The van der Waals surface area contributed by atoms with Gasteiger partial charge < -0.3 is 4.98 Å². The van der Waals surface area contributed by atoms with Gasteiger partial charge in [-0.15, -0.1) is 11.8 Å². The van der Waals surface area contributed by atoms with E-state index in [0.717, 1.165) is 25.7 Å². The maximum absolute atomic E-state index is 13.3. The number of allylic oxidation sites excluding steroid dienone is 1. The number of nitrogens with one attached hydrogen (secondary N) is 1. The third-order valence-electron chi connectivity index (χ3n) is 7.25. The molecule has 0 aromatic carbocycles. The number of hydrogen-bond donors (Lipinski definition) is 1. The highest BCUT2D eigenvalue weighted by molar-refractivity contribution is 8.03. The Morgan fingerprint density at radius 3 is 2.62 bits per heavy atom. The van der Waals surface area contributed by atoms with Gasteiger partial charge in [0.2, 0.25) is 20.9 Å². The van der Waals surface area contributed by atoms with E-state index in [1.54, 1.807) is 17.0 Å². The quantitative estimate of drug-likeness (QED) is 0.392. The Kier molecular flexibility index (Phi) is 6.74. The minimum absolute atomic E-state index is 0.0158. The second-order valence-electron chi connectivity index (χ2n) is 10.5. The maximum atomic E-state index is 13.3. The highest BCUT2D eigenvalue weighted by Gasteiger charge is 2.33. The molecule has 0 radical (unpaired) electrons. The Morgan fingerprint density at radius 2 is 2.00 bits per heavy atom. The number of hydrogen-bond acceptors (Lipinski definition) is 8. The van der Waals surface area contributed by atoms with E-state index in [4.69, 9.17) is 0 Å². The topological polar surface area (TPSA) is 140 Å². The zero-order valence-electron chi connectivity index (χ0n) is 21.6. The first-order valence-corrected chi connectivity index (χ1v) is 15.9. The molecule has 0 saturated heterocycles. The molecule has 0 spiro atoms. The lowest BCUT2D eigenvalue weighted by molar-refractivity contribution is -0.118. The number of nitrogens with zero attached hydrogens (tertiary/aromatic N) is 5. The number of aryl methyl sites for hydroxylation is 1. The van der Waals surface area contributed by atoms with Gasteiger partial charge in [-0.05, 0) is 61.5 Å². The fraction of sp³-hybridized carbons (Fsp3) is 0.500. The number of thioether (sulfide) groups is 1. The van der Waals surface area contributed by atoms with Crippen molar-refractivity contribution in [3.05, 3.63) is 56.2 Å². The van der Waals surface area contributed by atoms with Crippen molar-refractivity contribution >= 4 is 44.5 Å². The van der Waals surface area contributed by atoms with Crippen molar-refractivity contribution in [3.8, 4) is 0 Å². The molecular weight excluding hydrogens is 540 g/mol. The van der Waals surface area contributed by atoms with Crippen LogP contribution in [-0.4, -0.2) is 50.2 Å². The summed E-state index contributed by atoms with van der Waals surface area (Å²) in [6.45, 7) is 2.83. The van der Waals surface area contributed by atoms with Crippen LogP contribution in [0.4, 0.5) is 5.82 Å². The largest absolute Gasteiger partial charge is 0.333 e. The third kappa shape index (κ3) is 5.09. The molecule has 11 nitrogen and oxygen atoms in total. The number of carbonyl (C=O) groups is 1. The number of carbonyl (C=O) groups excluding carboxylic acids is 1. The number of rotatable bonds is 10. The number of aromatic amines is 1. The molecule has 1 aliphatic heterocycles. The monoisotopic (exact) mass is 570 g/mol. The van der Waals surface area contributed by atoms with Gasteiger partial charge in [0, 0.05) is 25.3 Å². The molecule has 2 aliphatic carbocycles. The van der Waals surface area contributed by atoms with Gasteiger partial charge in [-0.1, -0.05) is 19.1 Å². The zero-order valence-corrected chi connectivity index (χ0v) is 23.2. The lowest BCUT2D eigenvalue weighted by Gasteiger charge is -2.24. The Bertz CT molecular complexity index is 1670. The molecule has 206 valence electrons. The predicted molar refractivity (Wildman–Crippen MR) is 149 cm³/mol. The van der Waals surface area contributed by atoms with Crippen LogP contribution >= 0.6 is 11.8 Å². The van der Waals surface area contributed by atoms with E-state index >= 15 is 0 Å². The molecule has 0 bridgehead atoms. The molecule has 3 aromatic heterocycles. The molecule has 1 atom stereocenters. The summed E-state index contributed by atoms with van der Waals surface area (Å²) in [5, 5.41) is 1.43. The second kappa shape index (κ2) is 10.1. The number of imidazole rings is 1. The molecule has 1 unspecified atom stereocenters. The summed E-state index contributed by atoms with van der Waals surface area (Å²) in [5.74, 6) is 0.599. The number of sulfone groups is 1. The van der Waals surface area contributed by atoms with Crippen molar-refractivity contribution in [2.45, 2.75) is 74.2 Å². The average Bonchev–Trinajstić information content (AvgIpc) is 3.81. The van der Waals surface area contributed by atoms with E-state index < -0.39 is 26.8 Å². The van der Waals surface area contributed by atoms with Crippen molar-refractivity contribution in [1.29, 1.82) is 0 Å². The van der Waals surface area contributed by atoms with Gasteiger partial charge >= 0.3 is 5.69 Å². The number of H-pyrrole nitrogens is 1. The molecule has 3 aromatic rings. The second-order valence-corrected chi connectivity index (χ2v) is 13.5. The normalized spacial score (nSPS) is 19.2. The molecule has 2 fully saturated rings. The summed E-state index contributed by atoms with van der Waals surface area (Å²) in [5.41, 5.74) is -0.485. The van der Waals surface area contributed by atoms with Gasteiger partial charge in [-0.2, -0.15) is 4.98 Å². The van der Waals surface area contributed by atoms with Gasteiger partial charge in [0.05, 0.1) is 11.0 Å². The smallest absolute Gasteiger partial charge is 0.323 e. The van der Waals surface area contributed by atoms with E-state index in [1.807, 2.05) is 18.4 Å². The lowest BCUT2D eigenvalue weighted by Crippen LogP contribution is -2.39. The fourth-order valence-electron chi connectivity index (χ4n) is 4.86. The Hall–Kier alpha value is -3.19. The van der Waals surface area contributed by atoms with Crippen LogP contribution in [-0.2, 0) is 26.9 Å². The average molecular weight is 571 g/mol. The van der Waals surface area contributed by atoms with E-state index in [2.05, 4.69) is 15.0 Å². The standard InChI is InChI=1S/C26H30N6O5S2/c1-2-11-30-22-21(24(34)32(26(30)35)18-8-9-18)28-25(29-22)39(36,37)15-17-7-10-20(27-13-17)31(14-16-5-6-16)23(33)19-4-3-12-38-19/h3,7,10,12-13,16,18-19H,2,4-6,8-9,11,14-15H2,1H3,(H,28,29). The van der Waals surface area contributed by atoms with Gasteiger partial charge in [0.1, 0.15) is 5.82 Å². The molecule has 1 amide bonds. The van der Waals surface area contributed by atoms with Gasteiger partial charge in [-0.3, -0.25) is 23.6 Å². The zero-order chi connectivity index (χ0) is 27.3. The van der Waals surface area contributed by atoms with Crippen LogP contribution in [0.25, 0.3) is 11.2 Å². The van der Waals surface area contributed by atoms with Gasteiger partial charge in [0.25, 0.3) is 5.56 Å².